The summed E-state index contributed by atoms with van der Waals surface area (Å²) in [5.74, 6) is 1.35. The molecule has 0 bridgehead atoms. The van der Waals surface area contributed by atoms with E-state index < -0.39 is 0 Å². The van der Waals surface area contributed by atoms with Gasteiger partial charge in [0.1, 0.15) is 6.33 Å². The summed E-state index contributed by atoms with van der Waals surface area (Å²) in [5, 5.41) is 17.6. The number of nitriles is 1. The Morgan fingerprint density at radius 3 is 2.79 bits per heavy atom. The second-order valence-corrected chi connectivity index (χ2v) is 7.41. The van der Waals surface area contributed by atoms with Gasteiger partial charge in [0.25, 0.3) is 0 Å². The summed E-state index contributed by atoms with van der Waals surface area (Å²) in [6.07, 6.45) is 14.2. The van der Waals surface area contributed by atoms with Crippen molar-refractivity contribution in [2.75, 3.05) is 11.9 Å². The van der Waals surface area contributed by atoms with Crippen molar-refractivity contribution in [3.8, 4) is 17.3 Å². The molecule has 2 aromatic heterocycles. The van der Waals surface area contributed by atoms with Crippen molar-refractivity contribution in [2.24, 2.45) is 5.92 Å². The molecular weight excluding hydrogens is 348 g/mol. The molecule has 28 heavy (non-hydrogen) atoms. The maximum atomic E-state index is 9.40. The zero-order chi connectivity index (χ0) is 19.9. The summed E-state index contributed by atoms with van der Waals surface area (Å²) in [5.41, 5.74) is 3.85. The van der Waals surface area contributed by atoms with Crippen molar-refractivity contribution in [3.05, 3.63) is 29.9 Å². The number of nitrogens with zero attached hydrogens (tertiary/aromatic N) is 5. The van der Waals surface area contributed by atoms with Crippen LogP contribution in [0.4, 0.5) is 5.82 Å². The molecule has 0 aliphatic heterocycles. The Hall–Kier alpha value is -2.68. The molecule has 0 aromatic carbocycles. The molecule has 0 unspecified atom stereocenters. The number of aromatic nitrogens is 4. The van der Waals surface area contributed by atoms with Crippen LogP contribution < -0.4 is 5.32 Å². The Morgan fingerprint density at radius 2 is 2.11 bits per heavy atom. The van der Waals surface area contributed by atoms with E-state index in [2.05, 4.69) is 53.6 Å². The molecule has 0 saturated heterocycles. The number of allylic oxidation sites excluding steroid dienone is 1. The van der Waals surface area contributed by atoms with Gasteiger partial charge < -0.3 is 5.32 Å². The highest BCUT2D eigenvalue weighted by Crippen LogP contribution is 2.38. The Kier molecular flexibility index (Phi) is 6.80. The molecule has 6 nitrogen and oxygen atoms in total. The number of rotatable bonds is 8. The zero-order valence-corrected chi connectivity index (χ0v) is 17.1. The first-order chi connectivity index (χ1) is 13.7. The fourth-order valence-electron chi connectivity index (χ4n) is 4.08. The summed E-state index contributed by atoms with van der Waals surface area (Å²) in [4.78, 5) is 8.98. The van der Waals surface area contributed by atoms with Crippen molar-refractivity contribution in [3.63, 3.8) is 0 Å². The predicted octanol–water partition coefficient (Wildman–Crippen LogP) is 5.15. The van der Waals surface area contributed by atoms with E-state index >= 15 is 0 Å². The number of anilines is 1. The first-order valence-electron chi connectivity index (χ1n) is 10.4. The molecule has 1 aliphatic rings. The van der Waals surface area contributed by atoms with E-state index in [-0.39, 0.29) is 6.04 Å². The molecule has 1 atom stereocenters. The van der Waals surface area contributed by atoms with E-state index in [0.29, 0.717) is 12.3 Å². The third-order valence-corrected chi connectivity index (χ3v) is 5.52. The molecule has 0 amide bonds. The van der Waals surface area contributed by atoms with Crippen LogP contribution in [0, 0.1) is 24.2 Å². The number of nitrogens with one attached hydrogen (secondary N) is 1. The standard InChI is InChI=1S/C22H30N6/c1-4-6-11-18-16(3)25-15-26-21(18)19-14-28(27-22(19)24-5-2)20(12-13-23)17-9-7-8-10-17/h6,11,14-15,17,20H,4-5,7-10,12H2,1-3H3,(H,24,27)/b11-6-/t20-/m0/s1. The normalized spacial score (nSPS) is 15.8. The summed E-state index contributed by atoms with van der Waals surface area (Å²) in [6, 6.07) is 2.50. The molecule has 0 spiro atoms. The lowest BCUT2D eigenvalue weighted by Crippen LogP contribution is -2.18. The molecule has 6 heteroatoms. The SMILES string of the molecule is CC/C=C\c1c(C)ncnc1-c1cn([C@@H](CC#N)C2CCCC2)nc1NCC. The van der Waals surface area contributed by atoms with Gasteiger partial charge in [0.05, 0.1) is 29.8 Å². The van der Waals surface area contributed by atoms with E-state index in [9.17, 15) is 5.26 Å². The highest BCUT2D eigenvalue weighted by Gasteiger charge is 2.28. The largest absolute Gasteiger partial charge is 0.368 e. The average Bonchev–Trinajstić information content (AvgIpc) is 3.36. The topological polar surface area (TPSA) is 79.4 Å². The van der Waals surface area contributed by atoms with Gasteiger partial charge in [0.2, 0.25) is 0 Å². The monoisotopic (exact) mass is 378 g/mol. The van der Waals surface area contributed by atoms with Crippen molar-refractivity contribution in [2.45, 2.75) is 65.3 Å². The predicted molar refractivity (Wildman–Crippen MR) is 113 cm³/mol. The highest BCUT2D eigenvalue weighted by molar-refractivity contribution is 5.79. The molecule has 3 rings (SSSR count). The summed E-state index contributed by atoms with van der Waals surface area (Å²) >= 11 is 0. The lowest BCUT2D eigenvalue weighted by Gasteiger charge is -2.21. The summed E-state index contributed by atoms with van der Waals surface area (Å²) in [6.45, 7) is 6.97. The van der Waals surface area contributed by atoms with Crippen molar-refractivity contribution < 1.29 is 0 Å². The van der Waals surface area contributed by atoms with Crippen molar-refractivity contribution in [1.82, 2.24) is 19.7 Å². The fraction of sp³-hybridized carbons (Fsp3) is 0.545. The third-order valence-electron chi connectivity index (χ3n) is 5.52. The van der Waals surface area contributed by atoms with Gasteiger partial charge in [0.15, 0.2) is 5.82 Å². The molecule has 1 N–H and O–H groups in total. The quantitative estimate of drug-likeness (QED) is 0.687. The molecule has 0 radical (unpaired) electrons. The van der Waals surface area contributed by atoms with Gasteiger partial charge in [0, 0.05) is 24.0 Å². The van der Waals surface area contributed by atoms with Gasteiger partial charge in [-0.25, -0.2) is 9.97 Å². The van der Waals surface area contributed by atoms with Crippen molar-refractivity contribution in [1.29, 1.82) is 5.26 Å². The summed E-state index contributed by atoms with van der Waals surface area (Å²) in [7, 11) is 0. The van der Waals surface area contributed by atoms with Crippen LogP contribution in [0.25, 0.3) is 17.3 Å². The number of hydrogen-bond acceptors (Lipinski definition) is 5. The number of aryl methyl sites for hydroxylation is 1. The molecule has 1 aliphatic carbocycles. The van der Waals surface area contributed by atoms with E-state index in [4.69, 9.17) is 5.10 Å². The van der Waals surface area contributed by atoms with Gasteiger partial charge in [-0.15, -0.1) is 0 Å². The maximum absolute atomic E-state index is 9.40. The maximum Gasteiger partial charge on any atom is 0.157 e. The van der Waals surface area contributed by atoms with Crippen LogP contribution in [0.15, 0.2) is 18.6 Å². The number of hydrogen-bond donors (Lipinski definition) is 1. The first-order valence-corrected chi connectivity index (χ1v) is 10.4. The van der Waals surface area contributed by atoms with Crippen molar-refractivity contribution >= 4 is 11.9 Å². The van der Waals surface area contributed by atoms with Gasteiger partial charge in [-0.1, -0.05) is 31.9 Å². The Balaban J connectivity index is 2.08. The fourth-order valence-corrected chi connectivity index (χ4v) is 4.08. The molecule has 2 aromatic rings. The zero-order valence-electron chi connectivity index (χ0n) is 17.1. The molecular formula is C22H30N6. The molecule has 2 heterocycles. The van der Waals surface area contributed by atoms with Crippen LogP contribution in [0.1, 0.15) is 69.7 Å². The van der Waals surface area contributed by atoms with Gasteiger partial charge in [-0.3, -0.25) is 4.68 Å². The lowest BCUT2D eigenvalue weighted by molar-refractivity contribution is 0.315. The second-order valence-electron chi connectivity index (χ2n) is 7.41. The average molecular weight is 379 g/mol. The Labute approximate surface area is 167 Å². The Morgan fingerprint density at radius 1 is 1.32 bits per heavy atom. The smallest absolute Gasteiger partial charge is 0.157 e. The summed E-state index contributed by atoms with van der Waals surface area (Å²) < 4.78 is 2.01. The minimum atomic E-state index is 0.122. The van der Waals surface area contributed by atoms with Crippen LogP contribution in [-0.2, 0) is 0 Å². The first kappa shape index (κ1) is 20.1. The van der Waals surface area contributed by atoms with E-state index in [1.807, 2.05) is 11.6 Å². The Bertz CT molecular complexity index is 854. The van der Waals surface area contributed by atoms with Gasteiger partial charge in [-0.2, -0.15) is 10.4 Å². The van der Waals surface area contributed by atoms with E-state index in [1.165, 1.54) is 25.7 Å². The van der Waals surface area contributed by atoms with E-state index in [0.717, 1.165) is 41.3 Å². The molecule has 1 fully saturated rings. The minimum absolute atomic E-state index is 0.122. The van der Waals surface area contributed by atoms with Crippen LogP contribution >= 0.6 is 0 Å². The lowest BCUT2D eigenvalue weighted by atomic mass is 9.96. The van der Waals surface area contributed by atoms with Crippen LogP contribution in [-0.4, -0.2) is 26.3 Å². The molecule has 1 saturated carbocycles. The minimum Gasteiger partial charge on any atom is -0.368 e. The van der Waals surface area contributed by atoms with Gasteiger partial charge in [-0.05, 0) is 39.0 Å². The van der Waals surface area contributed by atoms with Gasteiger partial charge >= 0.3 is 0 Å². The van der Waals surface area contributed by atoms with Crippen LogP contribution in [0.5, 0.6) is 0 Å². The van der Waals surface area contributed by atoms with Crippen LogP contribution in [0.3, 0.4) is 0 Å². The van der Waals surface area contributed by atoms with Crippen LogP contribution in [0.2, 0.25) is 0 Å². The third kappa shape index (κ3) is 4.24. The highest BCUT2D eigenvalue weighted by atomic mass is 15.3. The molecule has 148 valence electrons. The van der Waals surface area contributed by atoms with E-state index in [1.54, 1.807) is 6.33 Å². The second kappa shape index (κ2) is 9.50.